The van der Waals surface area contributed by atoms with E-state index in [1.807, 2.05) is 0 Å². The molecular formula is C26H29NO. The number of hydrogen-bond donors (Lipinski definition) is 0. The predicted octanol–water partition coefficient (Wildman–Crippen LogP) is 6.00. The molecule has 1 heterocycles. The highest BCUT2D eigenvalue weighted by Crippen LogP contribution is 2.23. The van der Waals surface area contributed by atoms with E-state index in [-0.39, 0.29) is 0 Å². The summed E-state index contributed by atoms with van der Waals surface area (Å²) in [6.07, 6.45) is 9.18. The van der Waals surface area contributed by atoms with E-state index in [4.69, 9.17) is 4.74 Å². The molecule has 0 saturated carbocycles. The van der Waals surface area contributed by atoms with Crippen LogP contribution >= 0.6 is 0 Å². The average Bonchev–Trinajstić information content (AvgIpc) is 3.24. The fourth-order valence-electron chi connectivity index (χ4n) is 3.81. The highest BCUT2D eigenvalue weighted by molar-refractivity contribution is 5.84. The molecule has 0 unspecified atom stereocenters. The second-order valence-electron chi connectivity index (χ2n) is 7.65. The number of benzene rings is 3. The molecule has 144 valence electrons. The largest absolute Gasteiger partial charge is 0.494 e. The van der Waals surface area contributed by atoms with Gasteiger partial charge in [0.05, 0.1) is 6.61 Å². The Morgan fingerprint density at radius 2 is 1.50 bits per heavy atom. The first kappa shape index (κ1) is 18.8. The Hall–Kier alpha value is -2.58. The summed E-state index contributed by atoms with van der Waals surface area (Å²) in [6.45, 7) is 3.94. The fraction of sp³-hybridized carbons (Fsp3) is 0.308. The number of ether oxygens (including phenoxy) is 1. The summed E-state index contributed by atoms with van der Waals surface area (Å²) in [7, 11) is 0. The van der Waals surface area contributed by atoms with Gasteiger partial charge < -0.3 is 4.74 Å². The zero-order valence-corrected chi connectivity index (χ0v) is 16.5. The van der Waals surface area contributed by atoms with E-state index in [2.05, 4.69) is 83.8 Å². The molecule has 0 amide bonds. The number of rotatable bonds is 9. The number of nitrogens with zero attached hydrogens (tertiary/aromatic N) is 1. The van der Waals surface area contributed by atoms with Crippen LogP contribution in [0, 0.1) is 0 Å². The van der Waals surface area contributed by atoms with Crippen molar-refractivity contribution in [2.75, 3.05) is 19.7 Å². The Morgan fingerprint density at radius 1 is 0.714 bits per heavy atom. The van der Waals surface area contributed by atoms with Gasteiger partial charge in [-0.05, 0) is 65.8 Å². The molecule has 3 aromatic rings. The molecule has 0 bridgehead atoms. The van der Waals surface area contributed by atoms with Crippen molar-refractivity contribution in [3.05, 3.63) is 90.0 Å². The molecule has 0 saturated heterocycles. The zero-order valence-electron chi connectivity index (χ0n) is 16.5. The Morgan fingerprint density at radius 3 is 2.36 bits per heavy atom. The van der Waals surface area contributed by atoms with Crippen LogP contribution in [0.3, 0.4) is 0 Å². The van der Waals surface area contributed by atoms with Crippen molar-refractivity contribution >= 4 is 10.8 Å². The maximum absolute atomic E-state index is 5.99. The summed E-state index contributed by atoms with van der Waals surface area (Å²) >= 11 is 0. The molecule has 1 aliphatic rings. The molecule has 0 fully saturated rings. The molecule has 0 N–H and O–H groups in total. The maximum atomic E-state index is 5.99. The van der Waals surface area contributed by atoms with Gasteiger partial charge in [-0.3, -0.25) is 4.90 Å². The standard InChI is InChI=1S/C26H29NO/c1-3-9-22(10-4-1)11-5-2-8-18-28-26-15-14-24-19-23(12-13-25(24)20-26)21-27-16-6-7-17-27/h1,3-4,6-7,9-10,12-15,19-20H,2,5,8,11,16-18,21H2. The van der Waals surface area contributed by atoms with Crippen LogP contribution < -0.4 is 4.74 Å². The minimum absolute atomic E-state index is 0.792. The van der Waals surface area contributed by atoms with E-state index >= 15 is 0 Å². The van der Waals surface area contributed by atoms with Crippen molar-refractivity contribution in [1.29, 1.82) is 0 Å². The zero-order chi connectivity index (χ0) is 19.0. The van der Waals surface area contributed by atoms with Crippen LogP contribution in [-0.4, -0.2) is 24.6 Å². The molecule has 0 atom stereocenters. The van der Waals surface area contributed by atoms with Crippen molar-refractivity contribution in [3.63, 3.8) is 0 Å². The molecule has 0 spiro atoms. The summed E-state index contributed by atoms with van der Waals surface area (Å²) in [5, 5.41) is 2.55. The van der Waals surface area contributed by atoms with Crippen LogP contribution in [-0.2, 0) is 13.0 Å². The monoisotopic (exact) mass is 371 g/mol. The summed E-state index contributed by atoms with van der Waals surface area (Å²) in [5.41, 5.74) is 2.81. The van der Waals surface area contributed by atoms with Crippen molar-refractivity contribution in [2.24, 2.45) is 0 Å². The van der Waals surface area contributed by atoms with Crippen molar-refractivity contribution in [3.8, 4) is 5.75 Å². The fourth-order valence-corrected chi connectivity index (χ4v) is 3.81. The van der Waals surface area contributed by atoms with Crippen LogP contribution in [0.5, 0.6) is 5.75 Å². The number of fused-ring (bicyclic) bond motifs is 1. The first-order valence-corrected chi connectivity index (χ1v) is 10.4. The highest BCUT2D eigenvalue weighted by atomic mass is 16.5. The van der Waals surface area contributed by atoms with E-state index in [1.54, 1.807) is 0 Å². The van der Waals surface area contributed by atoms with Gasteiger partial charge in [0.25, 0.3) is 0 Å². The third-order valence-electron chi connectivity index (χ3n) is 5.40. The van der Waals surface area contributed by atoms with Gasteiger partial charge in [0, 0.05) is 19.6 Å². The van der Waals surface area contributed by atoms with Gasteiger partial charge in [-0.2, -0.15) is 0 Å². The third-order valence-corrected chi connectivity index (χ3v) is 5.40. The Balaban J connectivity index is 1.23. The number of hydrogen-bond acceptors (Lipinski definition) is 2. The van der Waals surface area contributed by atoms with E-state index in [1.165, 1.54) is 34.7 Å². The maximum Gasteiger partial charge on any atom is 0.119 e. The molecule has 3 aromatic carbocycles. The molecule has 0 aromatic heterocycles. The summed E-state index contributed by atoms with van der Waals surface area (Å²) in [6, 6.07) is 24.0. The quantitative estimate of drug-likeness (QED) is 0.338. The van der Waals surface area contributed by atoms with E-state index < -0.39 is 0 Å². The lowest BCUT2D eigenvalue weighted by molar-refractivity contribution is 0.305. The Labute approximate surface area is 168 Å². The second-order valence-corrected chi connectivity index (χ2v) is 7.65. The van der Waals surface area contributed by atoms with Gasteiger partial charge in [0.1, 0.15) is 5.75 Å². The average molecular weight is 372 g/mol. The molecular weight excluding hydrogens is 342 g/mol. The van der Waals surface area contributed by atoms with Gasteiger partial charge in [0.15, 0.2) is 0 Å². The Bertz CT molecular complexity index is 908. The summed E-state index contributed by atoms with van der Waals surface area (Å²) in [4.78, 5) is 2.44. The van der Waals surface area contributed by atoms with Gasteiger partial charge in [-0.15, -0.1) is 0 Å². The topological polar surface area (TPSA) is 12.5 Å². The first-order chi connectivity index (χ1) is 13.9. The van der Waals surface area contributed by atoms with Gasteiger partial charge in [-0.1, -0.05) is 60.7 Å². The SMILES string of the molecule is C1=CCN(Cc2ccc3cc(OCCCCCc4ccccc4)ccc3c2)C1. The number of aryl methyl sites for hydroxylation is 1. The molecule has 0 radical (unpaired) electrons. The van der Waals surface area contributed by atoms with E-state index in [0.717, 1.165) is 44.8 Å². The second kappa shape index (κ2) is 9.57. The van der Waals surface area contributed by atoms with Crippen LogP contribution in [0.15, 0.2) is 78.9 Å². The van der Waals surface area contributed by atoms with Gasteiger partial charge in [-0.25, -0.2) is 0 Å². The molecule has 4 rings (SSSR count). The molecule has 0 aliphatic carbocycles. The van der Waals surface area contributed by atoms with Crippen LogP contribution in [0.1, 0.15) is 30.4 Å². The smallest absolute Gasteiger partial charge is 0.119 e. The lowest BCUT2D eigenvalue weighted by Gasteiger charge is -2.15. The van der Waals surface area contributed by atoms with Gasteiger partial charge in [0.2, 0.25) is 0 Å². The van der Waals surface area contributed by atoms with Crippen molar-refractivity contribution < 1.29 is 4.74 Å². The Kier molecular flexibility index (Phi) is 6.41. The molecule has 1 aliphatic heterocycles. The van der Waals surface area contributed by atoms with Crippen molar-refractivity contribution in [1.82, 2.24) is 4.90 Å². The highest BCUT2D eigenvalue weighted by Gasteiger charge is 2.07. The van der Waals surface area contributed by atoms with Crippen LogP contribution in [0.2, 0.25) is 0 Å². The third kappa shape index (κ3) is 5.24. The number of unbranched alkanes of at least 4 members (excludes halogenated alkanes) is 2. The molecule has 2 nitrogen and oxygen atoms in total. The summed E-state index contributed by atoms with van der Waals surface area (Å²) < 4.78 is 5.99. The lowest BCUT2D eigenvalue weighted by atomic mass is 10.1. The normalized spacial score (nSPS) is 14.0. The van der Waals surface area contributed by atoms with Crippen LogP contribution in [0.4, 0.5) is 0 Å². The minimum Gasteiger partial charge on any atom is -0.494 e. The molecule has 28 heavy (non-hydrogen) atoms. The lowest BCUT2D eigenvalue weighted by Crippen LogP contribution is -2.18. The first-order valence-electron chi connectivity index (χ1n) is 10.4. The summed E-state index contributed by atoms with van der Waals surface area (Å²) in [5.74, 6) is 0.979. The van der Waals surface area contributed by atoms with E-state index in [0.29, 0.717) is 0 Å². The van der Waals surface area contributed by atoms with Crippen LogP contribution in [0.25, 0.3) is 10.8 Å². The molecule has 2 heteroatoms. The van der Waals surface area contributed by atoms with E-state index in [9.17, 15) is 0 Å². The predicted molar refractivity (Wildman–Crippen MR) is 118 cm³/mol. The van der Waals surface area contributed by atoms with Crippen molar-refractivity contribution in [2.45, 2.75) is 32.2 Å². The van der Waals surface area contributed by atoms with Gasteiger partial charge >= 0.3 is 0 Å². The minimum atomic E-state index is 0.792.